The highest BCUT2D eigenvalue weighted by molar-refractivity contribution is 7.14. The number of aliphatic hydroxyl groups is 1. The van der Waals surface area contributed by atoms with Gasteiger partial charge in [-0.2, -0.15) is 0 Å². The van der Waals surface area contributed by atoms with Crippen LogP contribution in [0, 0.1) is 12.7 Å². The number of carbonyl (C=O) groups is 2. The average Bonchev–Trinajstić information content (AvgIpc) is 3.30. The van der Waals surface area contributed by atoms with Crippen molar-refractivity contribution in [2.45, 2.75) is 13.0 Å². The lowest BCUT2D eigenvalue weighted by atomic mass is 9.95. The highest BCUT2D eigenvalue weighted by atomic mass is 32.1. The van der Waals surface area contributed by atoms with E-state index in [0.717, 1.165) is 5.56 Å². The minimum atomic E-state index is -0.822. The maximum Gasteiger partial charge on any atom is 0.301 e. The lowest BCUT2D eigenvalue weighted by Crippen LogP contribution is -2.29. The fourth-order valence-electron chi connectivity index (χ4n) is 3.19. The fourth-order valence-corrected chi connectivity index (χ4v) is 3.86. The van der Waals surface area contributed by atoms with Crippen LogP contribution in [0.15, 0.2) is 65.7 Å². The minimum absolute atomic E-state index is 0.0457. The zero-order valence-corrected chi connectivity index (χ0v) is 15.6. The van der Waals surface area contributed by atoms with Crippen molar-refractivity contribution in [1.82, 2.24) is 4.98 Å². The molecular weight excluding hydrogens is 379 g/mol. The second-order valence-corrected chi connectivity index (χ2v) is 7.27. The van der Waals surface area contributed by atoms with Crippen LogP contribution in [0.25, 0.3) is 5.76 Å². The van der Waals surface area contributed by atoms with Crippen molar-refractivity contribution >= 4 is 33.9 Å². The summed E-state index contributed by atoms with van der Waals surface area (Å²) in [6.45, 7) is 1.93. The number of aliphatic hydroxyl groups excluding tert-OH is 1. The maximum atomic E-state index is 13.3. The van der Waals surface area contributed by atoms with Crippen molar-refractivity contribution in [3.63, 3.8) is 0 Å². The molecule has 2 heterocycles. The number of anilines is 1. The number of halogens is 1. The summed E-state index contributed by atoms with van der Waals surface area (Å²) in [5.41, 5.74) is 1.91. The molecule has 1 saturated heterocycles. The van der Waals surface area contributed by atoms with Crippen molar-refractivity contribution in [2.75, 3.05) is 4.90 Å². The van der Waals surface area contributed by atoms with Gasteiger partial charge in [-0.25, -0.2) is 9.37 Å². The Kier molecular flexibility index (Phi) is 4.52. The summed E-state index contributed by atoms with van der Waals surface area (Å²) in [5.74, 6) is -2.37. The number of thiazole rings is 1. The minimum Gasteiger partial charge on any atom is -0.507 e. The van der Waals surface area contributed by atoms with Crippen molar-refractivity contribution in [3.05, 3.63) is 88.2 Å². The number of nitrogens with zero attached hydrogens (tertiary/aromatic N) is 2. The van der Waals surface area contributed by atoms with Crippen LogP contribution < -0.4 is 4.90 Å². The van der Waals surface area contributed by atoms with Gasteiger partial charge >= 0.3 is 5.91 Å². The second kappa shape index (κ2) is 7.01. The van der Waals surface area contributed by atoms with Crippen LogP contribution >= 0.6 is 11.3 Å². The molecule has 3 aromatic rings. The zero-order valence-electron chi connectivity index (χ0n) is 14.8. The van der Waals surface area contributed by atoms with Crippen molar-refractivity contribution in [1.29, 1.82) is 0 Å². The van der Waals surface area contributed by atoms with Crippen LogP contribution in [0.5, 0.6) is 0 Å². The average molecular weight is 394 g/mol. The Labute approximate surface area is 164 Å². The fraction of sp³-hybridized carbons (Fsp3) is 0.0952. The van der Waals surface area contributed by atoms with Gasteiger partial charge in [0.15, 0.2) is 5.13 Å². The summed E-state index contributed by atoms with van der Waals surface area (Å²) >= 11 is 1.23. The highest BCUT2D eigenvalue weighted by Crippen LogP contribution is 2.42. The van der Waals surface area contributed by atoms with E-state index < -0.39 is 23.5 Å². The number of aromatic nitrogens is 1. The third-order valence-electron chi connectivity index (χ3n) is 4.58. The third-order valence-corrected chi connectivity index (χ3v) is 5.35. The predicted octanol–water partition coefficient (Wildman–Crippen LogP) is 4.22. The summed E-state index contributed by atoms with van der Waals surface area (Å²) in [7, 11) is 0. The predicted molar refractivity (Wildman–Crippen MR) is 104 cm³/mol. The Hall–Kier alpha value is -3.32. The van der Waals surface area contributed by atoms with Gasteiger partial charge in [0.25, 0.3) is 5.78 Å². The molecule has 1 aromatic heterocycles. The van der Waals surface area contributed by atoms with E-state index in [1.807, 2.05) is 31.2 Å². The molecule has 1 atom stereocenters. The first kappa shape index (κ1) is 18.1. The molecule has 0 aliphatic carbocycles. The number of rotatable bonds is 3. The van der Waals surface area contributed by atoms with Gasteiger partial charge in [0.2, 0.25) is 0 Å². The van der Waals surface area contributed by atoms with Gasteiger partial charge in [-0.1, -0.05) is 29.8 Å². The van der Waals surface area contributed by atoms with E-state index in [1.165, 1.54) is 40.5 Å². The molecule has 4 rings (SSSR count). The molecule has 2 aromatic carbocycles. The quantitative estimate of drug-likeness (QED) is 0.410. The number of benzene rings is 2. The molecule has 0 radical (unpaired) electrons. The van der Waals surface area contributed by atoms with Crippen LogP contribution in [-0.2, 0) is 9.59 Å². The van der Waals surface area contributed by atoms with Crippen LogP contribution in [0.4, 0.5) is 9.52 Å². The largest absolute Gasteiger partial charge is 0.507 e. The Bertz CT molecular complexity index is 1070. The Morgan fingerprint density at radius 1 is 1.11 bits per heavy atom. The van der Waals surface area contributed by atoms with Gasteiger partial charge in [0, 0.05) is 17.1 Å². The number of amides is 1. The van der Waals surface area contributed by atoms with Gasteiger partial charge < -0.3 is 5.11 Å². The standard InChI is InChI=1S/C21H15FN2O3S/c1-12-2-4-13(5-3-12)17-16(18(25)14-6-8-15(22)9-7-14)19(26)20(27)24(17)21-23-10-11-28-21/h2-11,17,25H,1H3/t17-/m0/s1. The Morgan fingerprint density at radius 2 is 1.79 bits per heavy atom. The molecule has 7 heteroatoms. The van der Waals surface area contributed by atoms with Crippen LogP contribution in [0.1, 0.15) is 22.7 Å². The second-order valence-electron chi connectivity index (χ2n) is 6.40. The number of Topliss-reactive ketones (excluding diaryl/α,β-unsaturated/α-hetero) is 1. The molecular formula is C21H15FN2O3S. The molecule has 1 amide bonds. The molecule has 0 spiro atoms. The van der Waals surface area contributed by atoms with Crippen LogP contribution in [-0.4, -0.2) is 21.8 Å². The molecule has 1 aliphatic heterocycles. The van der Waals surface area contributed by atoms with E-state index in [2.05, 4.69) is 4.98 Å². The molecule has 1 fully saturated rings. The number of carbonyl (C=O) groups excluding carboxylic acids is 2. The molecule has 0 unspecified atom stereocenters. The monoisotopic (exact) mass is 394 g/mol. The lowest BCUT2D eigenvalue weighted by molar-refractivity contribution is -0.132. The van der Waals surface area contributed by atoms with Gasteiger partial charge in [0.05, 0.1) is 11.6 Å². The molecule has 1 N–H and O–H groups in total. The molecule has 1 aliphatic rings. The lowest BCUT2D eigenvalue weighted by Gasteiger charge is -2.23. The third kappa shape index (κ3) is 2.99. The summed E-state index contributed by atoms with van der Waals surface area (Å²) in [5, 5.41) is 12.9. The molecule has 5 nitrogen and oxygen atoms in total. The summed E-state index contributed by atoms with van der Waals surface area (Å²) in [4.78, 5) is 31.1. The van der Waals surface area contributed by atoms with E-state index in [1.54, 1.807) is 11.6 Å². The molecule has 0 bridgehead atoms. The first-order valence-corrected chi connectivity index (χ1v) is 9.38. The smallest absolute Gasteiger partial charge is 0.301 e. The molecule has 140 valence electrons. The van der Waals surface area contributed by atoms with E-state index in [0.29, 0.717) is 10.7 Å². The first-order valence-electron chi connectivity index (χ1n) is 8.50. The summed E-state index contributed by atoms with van der Waals surface area (Å²) in [6, 6.07) is 11.7. The first-order chi connectivity index (χ1) is 13.5. The number of hydrogen-bond acceptors (Lipinski definition) is 5. The van der Waals surface area contributed by atoms with Gasteiger partial charge in [-0.3, -0.25) is 14.5 Å². The van der Waals surface area contributed by atoms with Crippen molar-refractivity contribution < 1.29 is 19.1 Å². The molecule has 28 heavy (non-hydrogen) atoms. The SMILES string of the molecule is Cc1ccc([C@H]2C(=C(O)c3ccc(F)cc3)C(=O)C(=O)N2c2nccs2)cc1. The van der Waals surface area contributed by atoms with Crippen LogP contribution in [0.3, 0.4) is 0 Å². The Morgan fingerprint density at radius 3 is 2.39 bits per heavy atom. The van der Waals surface area contributed by atoms with E-state index in [4.69, 9.17) is 0 Å². The van der Waals surface area contributed by atoms with E-state index in [9.17, 15) is 19.1 Å². The van der Waals surface area contributed by atoms with Crippen molar-refractivity contribution in [3.8, 4) is 0 Å². The summed E-state index contributed by atoms with van der Waals surface area (Å²) < 4.78 is 13.3. The molecule has 0 saturated carbocycles. The topological polar surface area (TPSA) is 70.5 Å². The van der Waals surface area contributed by atoms with Gasteiger partial charge in [0.1, 0.15) is 11.6 Å². The normalized spacial score (nSPS) is 18.6. The van der Waals surface area contributed by atoms with E-state index >= 15 is 0 Å². The van der Waals surface area contributed by atoms with Crippen molar-refractivity contribution in [2.24, 2.45) is 0 Å². The Balaban J connectivity index is 1.93. The van der Waals surface area contributed by atoms with E-state index in [-0.39, 0.29) is 16.9 Å². The number of aryl methyl sites for hydroxylation is 1. The van der Waals surface area contributed by atoms with Crippen LogP contribution in [0.2, 0.25) is 0 Å². The number of ketones is 1. The van der Waals surface area contributed by atoms with Gasteiger partial charge in [-0.05, 0) is 36.8 Å². The number of hydrogen-bond donors (Lipinski definition) is 1. The highest BCUT2D eigenvalue weighted by Gasteiger charge is 2.47. The summed E-state index contributed by atoms with van der Waals surface area (Å²) in [6.07, 6.45) is 1.55. The van der Waals surface area contributed by atoms with Gasteiger partial charge in [-0.15, -0.1) is 11.3 Å². The zero-order chi connectivity index (χ0) is 19.8. The maximum absolute atomic E-state index is 13.3.